The smallest absolute Gasteiger partial charge is 0.0856 e. The van der Waals surface area contributed by atoms with E-state index in [1.54, 1.807) is 0 Å². The highest BCUT2D eigenvalue weighted by atomic mass is 79.9. The van der Waals surface area contributed by atoms with E-state index >= 15 is 0 Å². The number of pyridine rings is 1. The summed E-state index contributed by atoms with van der Waals surface area (Å²) in [6.07, 6.45) is 1.82. The lowest BCUT2D eigenvalue weighted by Gasteiger charge is -2.14. The molecular formula is C15H16BrNO. The highest BCUT2D eigenvalue weighted by Gasteiger charge is 2.13. The second-order valence-corrected chi connectivity index (χ2v) is 5.32. The number of aryl methyl sites for hydroxylation is 2. The maximum Gasteiger partial charge on any atom is 0.0856 e. The molecule has 0 aliphatic rings. The Balaban J connectivity index is 2.19. The summed E-state index contributed by atoms with van der Waals surface area (Å²) in [6, 6.07) is 9.89. The van der Waals surface area contributed by atoms with Gasteiger partial charge in [0.05, 0.1) is 6.10 Å². The molecule has 0 radical (unpaired) electrons. The molecule has 1 atom stereocenters. The fraction of sp³-hybridized carbons (Fsp3) is 0.267. The molecule has 1 aromatic heterocycles. The Bertz CT molecular complexity index is 537. The molecule has 3 heteroatoms. The summed E-state index contributed by atoms with van der Waals surface area (Å²) in [5.74, 6) is 0. The minimum absolute atomic E-state index is 0.530. The lowest BCUT2D eigenvalue weighted by atomic mass is 10.0. The SMILES string of the molecule is Cc1ccc(CC(O)c2cccc(C)c2Br)nc1. The third kappa shape index (κ3) is 2.98. The first-order valence-electron chi connectivity index (χ1n) is 5.92. The number of hydrogen-bond acceptors (Lipinski definition) is 2. The largest absolute Gasteiger partial charge is 0.388 e. The summed E-state index contributed by atoms with van der Waals surface area (Å²) in [5.41, 5.74) is 4.08. The zero-order chi connectivity index (χ0) is 13.1. The summed E-state index contributed by atoms with van der Waals surface area (Å²) < 4.78 is 0.976. The van der Waals surface area contributed by atoms with Crippen molar-refractivity contribution in [3.8, 4) is 0 Å². The van der Waals surface area contributed by atoms with Gasteiger partial charge in [0.15, 0.2) is 0 Å². The first-order valence-corrected chi connectivity index (χ1v) is 6.72. The van der Waals surface area contributed by atoms with Gasteiger partial charge in [-0.3, -0.25) is 4.98 Å². The zero-order valence-corrected chi connectivity index (χ0v) is 12.1. The average Bonchev–Trinajstić information content (AvgIpc) is 2.35. The second kappa shape index (κ2) is 5.63. The third-order valence-electron chi connectivity index (χ3n) is 2.96. The lowest BCUT2D eigenvalue weighted by molar-refractivity contribution is 0.176. The summed E-state index contributed by atoms with van der Waals surface area (Å²) in [7, 11) is 0. The lowest BCUT2D eigenvalue weighted by Crippen LogP contribution is -2.04. The highest BCUT2D eigenvalue weighted by molar-refractivity contribution is 9.10. The predicted octanol–water partition coefficient (Wildman–Crippen LogP) is 3.74. The molecule has 1 aromatic carbocycles. The van der Waals surface area contributed by atoms with Crippen LogP contribution in [-0.2, 0) is 6.42 Å². The van der Waals surface area contributed by atoms with Crippen molar-refractivity contribution < 1.29 is 5.11 Å². The molecule has 94 valence electrons. The van der Waals surface area contributed by atoms with Crippen molar-refractivity contribution >= 4 is 15.9 Å². The molecule has 1 heterocycles. The van der Waals surface area contributed by atoms with Crippen molar-refractivity contribution in [2.75, 3.05) is 0 Å². The van der Waals surface area contributed by atoms with E-state index in [1.165, 1.54) is 0 Å². The van der Waals surface area contributed by atoms with Crippen LogP contribution in [0.3, 0.4) is 0 Å². The van der Waals surface area contributed by atoms with Crippen molar-refractivity contribution in [1.29, 1.82) is 0 Å². The van der Waals surface area contributed by atoms with Crippen molar-refractivity contribution in [2.24, 2.45) is 0 Å². The van der Waals surface area contributed by atoms with E-state index in [2.05, 4.69) is 20.9 Å². The van der Waals surface area contributed by atoms with E-state index in [4.69, 9.17) is 0 Å². The quantitative estimate of drug-likeness (QED) is 0.937. The Hall–Kier alpha value is -1.19. The Morgan fingerprint density at radius 1 is 1.22 bits per heavy atom. The zero-order valence-electron chi connectivity index (χ0n) is 10.5. The van der Waals surface area contributed by atoms with Crippen molar-refractivity contribution in [1.82, 2.24) is 4.98 Å². The van der Waals surface area contributed by atoms with Crippen molar-refractivity contribution in [3.05, 3.63) is 63.4 Å². The molecule has 0 aliphatic carbocycles. The molecule has 0 bridgehead atoms. The minimum Gasteiger partial charge on any atom is -0.388 e. The van der Waals surface area contributed by atoms with Gasteiger partial charge in [-0.2, -0.15) is 0 Å². The summed E-state index contributed by atoms with van der Waals surface area (Å²) in [4.78, 5) is 4.32. The molecule has 0 fully saturated rings. The van der Waals surface area contributed by atoms with Crippen molar-refractivity contribution in [2.45, 2.75) is 26.4 Å². The van der Waals surface area contributed by atoms with Gasteiger partial charge in [0.2, 0.25) is 0 Å². The maximum atomic E-state index is 10.3. The number of aromatic nitrogens is 1. The number of nitrogens with zero attached hydrogens (tertiary/aromatic N) is 1. The molecule has 18 heavy (non-hydrogen) atoms. The average molecular weight is 306 g/mol. The molecule has 1 N–H and O–H groups in total. The molecule has 0 saturated carbocycles. The van der Waals surface area contributed by atoms with Gasteiger partial charge in [-0.05, 0) is 36.6 Å². The van der Waals surface area contributed by atoms with Crippen LogP contribution in [0, 0.1) is 13.8 Å². The number of aliphatic hydroxyl groups excluding tert-OH is 1. The molecule has 0 saturated heterocycles. The van der Waals surface area contributed by atoms with Gasteiger partial charge in [-0.1, -0.05) is 40.2 Å². The number of benzene rings is 1. The second-order valence-electron chi connectivity index (χ2n) is 4.52. The number of rotatable bonds is 3. The van der Waals surface area contributed by atoms with Crippen LogP contribution in [0.1, 0.15) is 28.5 Å². The maximum absolute atomic E-state index is 10.3. The molecule has 0 amide bonds. The number of aliphatic hydroxyl groups is 1. The minimum atomic E-state index is -0.533. The Morgan fingerprint density at radius 2 is 2.00 bits per heavy atom. The summed E-state index contributed by atoms with van der Waals surface area (Å²) in [5, 5.41) is 10.3. The van der Waals surface area contributed by atoms with Gasteiger partial charge in [0.25, 0.3) is 0 Å². The third-order valence-corrected chi connectivity index (χ3v) is 4.04. The van der Waals surface area contributed by atoms with Crippen LogP contribution >= 0.6 is 15.9 Å². The number of halogens is 1. The monoisotopic (exact) mass is 305 g/mol. The van der Waals surface area contributed by atoms with E-state index < -0.39 is 6.10 Å². The molecule has 2 nitrogen and oxygen atoms in total. The van der Waals surface area contributed by atoms with Gasteiger partial charge in [0.1, 0.15) is 0 Å². The van der Waals surface area contributed by atoms with Crippen LogP contribution in [-0.4, -0.2) is 10.1 Å². The Morgan fingerprint density at radius 3 is 2.67 bits per heavy atom. The van der Waals surface area contributed by atoms with Crippen molar-refractivity contribution in [3.63, 3.8) is 0 Å². The standard InChI is InChI=1S/C15H16BrNO/c1-10-6-7-12(17-9-10)8-14(18)13-5-3-4-11(2)15(13)16/h3-7,9,14,18H,8H2,1-2H3. The van der Waals surface area contributed by atoms with E-state index in [9.17, 15) is 5.11 Å². The highest BCUT2D eigenvalue weighted by Crippen LogP contribution is 2.28. The van der Waals surface area contributed by atoms with E-state index in [1.807, 2.05) is 50.4 Å². The number of hydrogen-bond donors (Lipinski definition) is 1. The van der Waals surface area contributed by atoms with E-state index in [0.717, 1.165) is 26.9 Å². The topological polar surface area (TPSA) is 33.1 Å². The summed E-state index contributed by atoms with van der Waals surface area (Å²) in [6.45, 7) is 4.02. The summed E-state index contributed by atoms with van der Waals surface area (Å²) >= 11 is 3.53. The Labute approximate surface area is 116 Å². The Kier molecular flexibility index (Phi) is 4.15. The van der Waals surface area contributed by atoms with Crippen LogP contribution in [0.4, 0.5) is 0 Å². The van der Waals surface area contributed by atoms with Gasteiger partial charge < -0.3 is 5.11 Å². The van der Waals surface area contributed by atoms with Crippen LogP contribution in [0.5, 0.6) is 0 Å². The fourth-order valence-corrected chi connectivity index (χ4v) is 2.38. The van der Waals surface area contributed by atoms with E-state index in [0.29, 0.717) is 6.42 Å². The van der Waals surface area contributed by atoms with Crippen LogP contribution in [0.2, 0.25) is 0 Å². The van der Waals surface area contributed by atoms with Crippen LogP contribution < -0.4 is 0 Å². The normalized spacial score (nSPS) is 12.4. The molecule has 0 aliphatic heterocycles. The van der Waals surface area contributed by atoms with Gasteiger partial charge >= 0.3 is 0 Å². The molecule has 1 unspecified atom stereocenters. The molecule has 0 spiro atoms. The first-order chi connectivity index (χ1) is 8.58. The predicted molar refractivity (Wildman–Crippen MR) is 76.5 cm³/mol. The fourth-order valence-electron chi connectivity index (χ4n) is 1.85. The van der Waals surface area contributed by atoms with Gasteiger partial charge in [-0.25, -0.2) is 0 Å². The molecule has 2 aromatic rings. The molecular weight excluding hydrogens is 290 g/mol. The van der Waals surface area contributed by atoms with Gasteiger partial charge in [0, 0.05) is 22.8 Å². The van der Waals surface area contributed by atoms with Gasteiger partial charge in [-0.15, -0.1) is 0 Å². The van der Waals surface area contributed by atoms with E-state index in [-0.39, 0.29) is 0 Å². The van der Waals surface area contributed by atoms with Crippen LogP contribution in [0.15, 0.2) is 41.0 Å². The first kappa shape index (κ1) is 13.2. The van der Waals surface area contributed by atoms with Crippen LogP contribution in [0.25, 0.3) is 0 Å². The molecule has 2 rings (SSSR count).